The molecule has 0 saturated carbocycles. The largest absolute Gasteiger partial charge is 0.331 e. The molecule has 1 heterocycles. The molecule has 3 aromatic carbocycles. The van der Waals surface area contributed by atoms with Gasteiger partial charge in [-0.2, -0.15) is 5.10 Å². The zero-order valence-corrected chi connectivity index (χ0v) is 15.8. The normalized spacial score (nSPS) is 11.6. The quantitative estimate of drug-likeness (QED) is 0.300. The summed E-state index contributed by atoms with van der Waals surface area (Å²) in [4.78, 5) is 15.1. The molecule has 29 heavy (non-hydrogen) atoms. The van der Waals surface area contributed by atoms with Gasteiger partial charge in [-0.3, -0.25) is 15.5 Å². The summed E-state index contributed by atoms with van der Waals surface area (Å²) in [5.41, 5.74) is 7.55. The number of aromatic nitrogens is 2. The van der Waals surface area contributed by atoms with Crippen molar-refractivity contribution >= 4 is 28.1 Å². The fraction of sp³-hybridized carbons (Fsp3) is 0.0909. The lowest BCUT2D eigenvalue weighted by atomic mass is 10.1. The Hall–Kier alpha value is -4.00. The van der Waals surface area contributed by atoms with Crippen LogP contribution in [0.2, 0.25) is 0 Å². The summed E-state index contributed by atoms with van der Waals surface area (Å²) in [7, 11) is 2.00. The van der Waals surface area contributed by atoms with Crippen molar-refractivity contribution in [3.05, 3.63) is 100 Å². The average molecular weight is 385 g/mol. The van der Waals surface area contributed by atoms with Crippen LogP contribution < -0.4 is 5.43 Å². The Morgan fingerprint density at radius 1 is 1.03 bits per heavy atom. The van der Waals surface area contributed by atoms with E-state index in [1.54, 1.807) is 12.1 Å². The van der Waals surface area contributed by atoms with Crippen molar-refractivity contribution in [2.45, 2.75) is 6.42 Å². The number of anilines is 1. The Morgan fingerprint density at radius 3 is 2.41 bits per heavy atom. The minimum atomic E-state index is -0.422. The molecule has 7 heteroatoms. The van der Waals surface area contributed by atoms with Crippen LogP contribution in [-0.4, -0.2) is 20.2 Å². The highest BCUT2D eigenvalue weighted by atomic mass is 16.6. The van der Waals surface area contributed by atoms with Gasteiger partial charge in [0.05, 0.1) is 33.8 Å². The Morgan fingerprint density at radius 2 is 1.72 bits per heavy atom. The van der Waals surface area contributed by atoms with Crippen molar-refractivity contribution < 1.29 is 4.92 Å². The van der Waals surface area contributed by atoms with Gasteiger partial charge in [-0.1, -0.05) is 42.5 Å². The van der Waals surface area contributed by atoms with E-state index in [4.69, 9.17) is 4.98 Å². The average Bonchev–Trinajstić information content (AvgIpc) is 3.07. The first-order chi connectivity index (χ1) is 14.1. The number of hydrogen-bond acceptors (Lipinski definition) is 5. The molecule has 0 radical (unpaired) electrons. The van der Waals surface area contributed by atoms with Crippen LogP contribution in [0.1, 0.15) is 11.4 Å². The maximum absolute atomic E-state index is 10.8. The molecule has 1 aromatic heterocycles. The monoisotopic (exact) mass is 385 g/mol. The van der Waals surface area contributed by atoms with Crippen molar-refractivity contribution in [3.8, 4) is 0 Å². The molecule has 0 aliphatic carbocycles. The number of nitro groups is 1. The van der Waals surface area contributed by atoms with Crippen LogP contribution in [0.4, 0.5) is 11.4 Å². The second kappa shape index (κ2) is 7.93. The number of nitro benzene ring substituents is 1. The van der Waals surface area contributed by atoms with Crippen molar-refractivity contribution in [1.82, 2.24) is 9.55 Å². The van der Waals surface area contributed by atoms with Crippen LogP contribution >= 0.6 is 0 Å². The number of para-hydroxylation sites is 2. The second-order valence-corrected chi connectivity index (χ2v) is 6.59. The van der Waals surface area contributed by atoms with Crippen LogP contribution in [0.3, 0.4) is 0 Å². The molecule has 0 spiro atoms. The molecular formula is C22H19N5O2. The first-order valence-electron chi connectivity index (χ1n) is 9.14. The van der Waals surface area contributed by atoms with Crippen LogP contribution in [0, 0.1) is 10.1 Å². The maximum Gasteiger partial charge on any atom is 0.269 e. The number of imidazole rings is 1. The van der Waals surface area contributed by atoms with Gasteiger partial charge in [0.25, 0.3) is 5.69 Å². The van der Waals surface area contributed by atoms with Gasteiger partial charge in [0.2, 0.25) is 0 Å². The van der Waals surface area contributed by atoms with Gasteiger partial charge in [-0.15, -0.1) is 0 Å². The summed E-state index contributed by atoms with van der Waals surface area (Å²) in [5, 5.41) is 15.4. The molecule has 0 unspecified atom stereocenters. The summed E-state index contributed by atoms with van der Waals surface area (Å²) >= 11 is 0. The van der Waals surface area contributed by atoms with Gasteiger partial charge in [-0.05, 0) is 29.8 Å². The van der Waals surface area contributed by atoms with Gasteiger partial charge in [-0.25, -0.2) is 4.98 Å². The number of hydrazone groups is 1. The van der Waals surface area contributed by atoms with E-state index in [2.05, 4.69) is 15.1 Å². The highest BCUT2D eigenvalue weighted by molar-refractivity contribution is 6.02. The predicted molar refractivity (Wildman–Crippen MR) is 114 cm³/mol. The van der Waals surface area contributed by atoms with Gasteiger partial charge in [0.15, 0.2) is 0 Å². The van der Waals surface area contributed by atoms with E-state index in [0.717, 1.165) is 28.1 Å². The first kappa shape index (κ1) is 18.4. The molecule has 4 aromatic rings. The Kier molecular flexibility index (Phi) is 5.03. The van der Waals surface area contributed by atoms with Crippen LogP contribution in [-0.2, 0) is 13.5 Å². The zero-order chi connectivity index (χ0) is 20.2. The summed E-state index contributed by atoms with van der Waals surface area (Å²) in [5.74, 6) is 0.902. The standard InChI is InChI=1S/C22H19N5O2/c1-26-21-10-6-5-9-19(21)23-22(26)15-20(16-7-3-2-4-8-16)25-24-17-11-13-18(14-12-17)27(28)29/h2-14,24H,15H2,1H3/b25-20-. The van der Waals surface area contributed by atoms with E-state index in [1.807, 2.05) is 61.6 Å². The van der Waals surface area contributed by atoms with Crippen molar-refractivity contribution in [1.29, 1.82) is 0 Å². The molecule has 7 nitrogen and oxygen atoms in total. The molecule has 0 fully saturated rings. The van der Waals surface area contributed by atoms with E-state index in [0.29, 0.717) is 12.1 Å². The minimum Gasteiger partial charge on any atom is -0.331 e. The van der Waals surface area contributed by atoms with E-state index < -0.39 is 4.92 Å². The number of benzene rings is 3. The van der Waals surface area contributed by atoms with E-state index in [1.165, 1.54) is 12.1 Å². The van der Waals surface area contributed by atoms with Crippen LogP contribution in [0.15, 0.2) is 84.0 Å². The maximum atomic E-state index is 10.8. The molecule has 0 bridgehead atoms. The van der Waals surface area contributed by atoms with Crippen molar-refractivity contribution in [2.24, 2.45) is 12.1 Å². The Balaban J connectivity index is 1.65. The molecule has 0 saturated heterocycles. The van der Waals surface area contributed by atoms with E-state index in [9.17, 15) is 10.1 Å². The second-order valence-electron chi connectivity index (χ2n) is 6.59. The van der Waals surface area contributed by atoms with Gasteiger partial charge >= 0.3 is 0 Å². The Labute approximate surface area is 167 Å². The third-order valence-electron chi connectivity index (χ3n) is 4.71. The third-order valence-corrected chi connectivity index (χ3v) is 4.71. The highest BCUT2D eigenvalue weighted by Gasteiger charge is 2.12. The fourth-order valence-electron chi connectivity index (χ4n) is 3.13. The molecule has 0 atom stereocenters. The lowest BCUT2D eigenvalue weighted by molar-refractivity contribution is -0.384. The summed E-state index contributed by atoms with van der Waals surface area (Å²) in [6.07, 6.45) is 0.537. The summed E-state index contributed by atoms with van der Waals surface area (Å²) in [6.45, 7) is 0. The third kappa shape index (κ3) is 3.98. The number of rotatable bonds is 6. The highest BCUT2D eigenvalue weighted by Crippen LogP contribution is 2.18. The first-order valence-corrected chi connectivity index (χ1v) is 9.14. The lowest BCUT2D eigenvalue weighted by Gasteiger charge is -2.09. The SMILES string of the molecule is Cn1c(C/C(=N/Nc2ccc([N+](=O)[O-])cc2)c2ccccc2)nc2ccccc21. The fourth-order valence-corrected chi connectivity index (χ4v) is 3.13. The molecule has 0 amide bonds. The van der Waals surface area contributed by atoms with E-state index in [-0.39, 0.29) is 5.69 Å². The zero-order valence-electron chi connectivity index (χ0n) is 15.8. The molecule has 1 N–H and O–H groups in total. The van der Waals surface area contributed by atoms with E-state index >= 15 is 0 Å². The van der Waals surface area contributed by atoms with Gasteiger partial charge in [0, 0.05) is 19.2 Å². The molecule has 0 aliphatic heterocycles. The predicted octanol–water partition coefficient (Wildman–Crippen LogP) is 4.54. The smallest absolute Gasteiger partial charge is 0.269 e. The lowest BCUT2D eigenvalue weighted by Crippen LogP contribution is -2.12. The minimum absolute atomic E-state index is 0.0440. The van der Waals surface area contributed by atoms with Crippen molar-refractivity contribution in [2.75, 3.05) is 5.43 Å². The van der Waals surface area contributed by atoms with Crippen molar-refractivity contribution in [3.63, 3.8) is 0 Å². The molecule has 4 rings (SSSR count). The number of non-ortho nitro benzene ring substituents is 1. The summed E-state index contributed by atoms with van der Waals surface area (Å²) < 4.78 is 2.07. The molecule has 0 aliphatic rings. The molecular weight excluding hydrogens is 366 g/mol. The number of aryl methyl sites for hydroxylation is 1. The number of hydrogen-bond donors (Lipinski definition) is 1. The number of nitrogens with one attached hydrogen (secondary N) is 1. The van der Waals surface area contributed by atoms with Crippen LogP contribution in [0.25, 0.3) is 11.0 Å². The number of nitrogens with zero attached hydrogens (tertiary/aromatic N) is 4. The van der Waals surface area contributed by atoms with Gasteiger partial charge in [0.1, 0.15) is 5.82 Å². The molecule has 144 valence electrons. The summed E-state index contributed by atoms with van der Waals surface area (Å²) in [6, 6.07) is 24.1. The van der Waals surface area contributed by atoms with Gasteiger partial charge < -0.3 is 4.57 Å². The topological polar surface area (TPSA) is 85.3 Å². The number of fused-ring (bicyclic) bond motifs is 1. The Bertz CT molecular complexity index is 1180. The van der Waals surface area contributed by atoms with Crippen LogP contribution in [0.5, 0.6) is 0 Å².